The van der Waals surface area contributed by atoms with Gasteiger partial charge in [-0.3, -0.25) is 10.3 Å². The summed E-state index contributed by atoms with van der Waals surface area (Å²) in [5.41, 5.74) is 2.91. The molecule has 0 heterocycles. The maximum atomic E-state index is 13.1. The van der Waals surface area contributed by atoms with E-state index in [1.807, 2.05) is 0 Å². The maximum absolute atomic E-state index is 13.1. The smallest absolute Gasteiger partial charge is 0.369 e. The highest BCUT2D eigenvalue weighted by atomic mass is 79.9. The molecule has 148 valence electrons. The molecule has 0 amide bonds. The number of anilines is 2. The minimum atomic E-state index is -4.70. The highest BCUT2D eigenvalue weighted by Crippen LogP contribution is 2.41. The average molecular weight is 542 g/mol. The van der Waals surface area contributed by atoms with Crippen molar-refractivity contribution in [1.82, 2.24) is 0 Å². The molecule has 0 bridgehead atoms. The third-order valence-electron chi connectivity index (χ3n) is 3.27. The van der Waals surface area contributed by atoms with E-state index in [1.54, 1.807) is 0 Å². The van der Waals surface area contributed by atoms with Crippen molar-refractivity contribution in [3.8, 4) is 0 Å². The fraction of sp³-hybridized carbons (Fsp3) is 0.133. The molecule has 0 aliphatic rings. The number of guanidine groups is 1. The number of halogens is 9. The summed E-state index contributed by atoms with van der Waals surface area (Å²) in [5.74, 6) is -0.740. The van der Waals surface area contributed by atoms with Crippen molar-refractivity contribution in [3.63, 3.8) is 0 Å². The van der Waals surface area contributed by atoms with E-state index < -0.39 is 29.4 Å². The summed E-state index contributed by atoms with van der Waals surface area (Å²) in [6, 6.07) is 5.96. The summed E-state index contributed by atoms with van der Waals surface area (Å²) in [4.78, 5) is 0.781. The molecular formula is C15H10Br2ClF6N3. The van der Waals surface area contributed by atoms with E-state index in [0.29, 0.717) is 12.1 Å². The van der Waals surface area contributed by atoms with Crippen LogP contribution in [-0.4, -0.2) is 5.96 Å². The van der Waals surface area contributed by atoms with Gasteiger partial charge in [-0.1, -0.05) is 31.9 Å². The third-order valence-corrected chi connectivity index (χ3v) is 4.65. The Morgan fingerprint density at radius 2 is 1.15 bits per heavy atom. The van der Waals surface area contributed by atoms with Crippen LogP contribution in [0.25, 0.3) is 0 Å². The first-order valence-electron chi connectivity index (χ1n) is 6.70. The van der Waals surface area contributed by atoms with E-state index in [-0.39, 0.29) is 32.7 Å². The Balaban J connectivity index is 0.00000364. The standard InChI is InChI=1S/C15H9Br2F6N3.ClH/c16-11-3-1-7(5-9(11)14(18,19)20)26(13(24)25)8-2-4-12(17)10(6-8)15(21,22)23;/h1-6H,(H3,24,25);1H. The van der Waals surface area contributed by atoms with E-state index in [9.17, 15) is 26.3 Å². The lowest BCUT2D eigenvalue weighted by molar-refractivity contribution is -0.138. The lowest BCUT2D eigenvalue weighted by Crippen LogP contribution is -2.32. The normalized spacial score (nSPS) is 11.7. The largest absolute Gasteiger partial charge is 0.417 e. The quantitative estimate of drug-likeness (QED) is 0.253. The second-order valence-electron chi connectivity index (χ2n) is 5.04. The van der Waals surface area contributed by atoms with Crippen molar-refractivity contribution in [2.45, 2.75) is 12.4 Å². The van der Waals surface area contributed by atoms with Crippen LogP contribution in [0.4, 0.5) is 37.7 Å². The van der Waals surface area contributed by atoms with E-state index in [4.69, 9.17) is 11.1 Å². The summed E-state index contributed by atoms with van der Waals surface area (Å²) in [5, 5.41) is 7.60. The van der Waals surface area contributed by atoms with Crippen LogP contribution in [0.1, 0.15) is 11.1 Å². The lowest BCUT2D eigenvalue weighted by atomic mass is 10.1. The predicted molar refractivity (Wildman–Crippen MR) is 99.6 cm³/mol. The Hall–Kier alpha value is -1.46. The lowest BCUT2D eigenvalue weighted by Gasteiger charge is -2.25. The zero-order valence-corrected chi connectivity index (χ0v) is 16.9. The summed E-state index contributed by atoms with van der Waals surface area (Å²) < 4.78 is 78.0. The monoisotopic (exact) mass is 539 g/mol. The summed E-state index contributed by atoms with van der Waals surface area (Å²) in [6.45, 7) is 0. The predicted octanol–water partition coefficient (Wildman–Crippen LogP) is 6.70. The van der Waals surface area contributed by atoms with Crippen LogP contribution in [0.3, 0.4) is 0 Å². The molecule has 27 heavy (non-hydrogen) atoms. The summed E-state index contributed by atoms with van der Waals surface area (Å²) in [6.07, 6.45) is -9.40. The van der Waals surface area contributed by atoms with Crippen LogP contribution in [-0.2, 0) is 12.4 Å². The van der Waals surface area contributed by atoms with E-state index in [1.165, 1.54) is 12.1 Å². The second-order valence-corrected chi connectivity index (χ2v) is 6.75. The van der Waals surface area contributed by atoms with Crippen LogP contribution >= 0.6 is 44.3 Å². The van der Waals surface area contributed by atoms with Gasteiger partial charge in [0.1, 0.15) is 0 Å². The SMILES string of the molecule is Cl.N=C(N)N(c1ccc(Br)c(C(F)(F)F)c1)c1ccc(Br)c(C(F)(F)F)c1. The Morgan fingerprint density at radius 1 is 0.815 bits per heavy atom. The summed E-state index contributed by atoms with van der Waals surface area (Å²) >= 11 is 5.55. The van der Waals surface area contributed by atoms with Crippen LogP contribution in [0.5, 0.6) is 0 Å². The second kappa shape index (κ2) is 8.27. The maximum Gasteiger partial charge on any atom is 0.417 e. The first-order valence-corrected chi connectivity index (χ1v) is 8.28. The van der Waals surface area contributed by atoms with E-state index in [2.05, 4.69) is 31.9 Å². The molecule has 0 fully saturated rings. The average Bonchev–Trinajstić information content (AvgIpc) is 2.48. The Bertz CT molecular complexity index is 791. The van der Waals surface area contributed by atoms with Gasteiger partial charge in [-0.05, 0) is 36.4 Å². The summed E-state index contributed by atoms with van der Waals surface area (Å²) in [7, 11) is 0. The molecule has 0 unspecified atom stereocenters. The van der Waals surface area contributed by atoms with E-state index in [0.717, 1.165) is 17.0 Å². The van der Waals surface area contributed by atoms with Crippen molar-refractivity contribution < 1.29 is 26.3 Å². The number of hydrogen-bond acceptors (Lipinski definition) is 1. The zero-order valence-electron chi connectivity index (χ0n) is 12.9. The van der Waals surface area contributed by atoms with Crippen LogP contribution in [0.15, 0.2) is 45.3 Å². The van der Waals surface area contributed by atoms with Crippen LogP contribution < -0.4 is 10.6 Å². The van der Waals surface area contributed by atoms with Gasteiger partial charge in [-0.15, -0.1) is 12.4 Å². The van der Waals surface area contributed by atoms with Gasteiger partial charge in [0.05, 0.1) is 11.1 Å². The van der Waals surface area contributed by atoms with Crippen molar-refractivity contribution >= 4 is 61.6 Å². The molecule has 3 nitrogen and oxygen atoms in total. The van der Waals surface area contributed by atoms with Gasteiger partial charge in [-0.25, -0.2) is 0 Å². The van der Waals surface area contributed by atoms with Crippen molar-refractivity contribution in [2.24, 2.45) is 5.73 Å². The highest BCUT2D eigenvalue weighted by molar-refractivity contribution is 9.10. The van der Waals surface area contributed by atoms with Gasteiger partial charge >= 0.3 is 12.4 Å². The Morgan fingerprint density at radius 3 is 1.41 bits per heavy atom. The molecule has 2 aromatic carbocycles. The fourth-order valence-electron chi connectivity index (χ4n) is 2.17. The van der Waals surface area contributed by atoms with E-state index >= 15 is 0 Å². The molecule has 0 atom stereocenters. The number of hydrogen-bond donors (Lipinski definition) is 2. The van der Waals surface area contributed by atoms with Gasteiger partial charge in [0, 0.05) is 20.3 Å². The minimum Gasteiger partial charge on any atom is -0.369 e. The molecule has 3 N–H and O–H groups in total. The van der Waals surface area contributed by atoms with Crippen molar-refractivity contribution in [1.29, 1.82) is 5.41 Å². The minimum absolute atomic E-state index is 0. The molecular weight excluding hydrogens is 531 g/mol. The van der Waals surface area contributed by atoms with Gasteiger partial charge in [0.2, 0.25) is 0 Å². The van der Waals surface area contributed by atoms with Gasteiger partial charge in [-0.2, -0.15) is 26.3 Å². The zero-order chi connectivity index (χ0) is 19.9. The fourth-order valence-corrected chi connectivity index (χ4v) is 3.11. The van der Waals surface area contributed by atoms with Crippen LogP contribution in [0.2, 0.25) is 0 Å². The van der Waals surface area contributed by atoms with Gasteiger partial charge < -0.3 is 5.73 Å². The third kappa shape index (κ3) is 5.29. The topological polar surface area (TPSA) is 53.1 Å². The Labute approximate surface area is 172 Å². The molecule has 0 spiro atoms. The number of benzene rings is 2. The molecule has 0 aliphatic carbocycles. The number of rotatable bonds is 2. The first kappa shape index (κ1) is 23.6. The molecule has 0 saturated heterocycles. The van der Waals surface area contributed by atoms with Crippen LogP contribution in [0, 0.1) is 5.41 Å². The number of nitrogens with two attached hydrogens (primary N) is 1. The molecule has 2 rings (SSSR count). The van der Waals surface area contributed by atoms with Gasteiger partial charge in [0.25, 0.3) is 0 Å². The number of nitrogens with one attached hydrogen (secondary N) is 1. The molecule has 2 aromatic rings. The molecule has 0 aliphatic heterocycles. The molecule has 0 aromatic heterocycles. The number of alkyl halides is 6. The first-order chi connectivity index (χ1) is 11.8. The highest BCUT2D eigenvalue weighted by Gasteiger charge is 2.35. The van der Waals surface area contributed by atoms with Gasteiger partial charge in [0.15, 0.2) is 5.96 Å². The van der Waals surface area contributed by atoms with Crippen molar-refractivity contribution in [2.75, 3.05) is 4.90 Å². The molecule has 12 heteroatoms. The Kier molecular flexibility index (Phi) is 7.23. The van der Waals surface area contributed by atoms with Crippen molar-refractivity contribution in [3.05, 3.63) is 56.5 Å². The molecule has 0 saturated carbocycles. The number of nitrogens with zero attached hydrogens (tertiary/aromatic N) is 1. The molecule has 0 radical (unpaired) electrons.